The summed E-state index contributed by atoms with van der Waals surface area (Å²) in [6.45, 7) is 5.76. The van der Waals surface area contributed by atoms with E-state index in [4.69, 9.17) is 4.74 Å². The van der Waals surface area contributed by atoms with Crippen LogP contribution in [0.2, 0.25) is 0 Å². The molecule has 0 aromatic heterocycles. The number of rotatable bonds is 5. The van der Waals surface area contributed by atoms with Gasteiger partial charge in [-0.1, -0.05) is 6.08 Å². The number of nitrogens with zero attached hydrogens (tertiary/aromatic N) is 2. The highest BCUT2D eigenvalue weighted by Gasteiger charge is 2.49. The molecule has 1 aromatic carbocycles. The lowest BCUT2D eigenvalue weighted by Crippen LogP contribution is -2.50. The Balaban J connectivity index is 1.71. The number of amides is 3. The zero-order valence-electron chi connectivity index (χ0n) is 15.7. The first kappa shape index (κ1) is 19.2. The molecule has 2 fully saturated rings. The first-order valence-corrected chi connectivity index (χ1v) is 9.24. The fourth-order valence-electron chi connectivity index (χ4n) is 4.00. The van der Waals surface area contributed by atoms with Gasteiger partial charge in [0.2, 0.25) is 5.91 Å². The SMILES string of the molecule is C=CCNC(=O)N1CC[C@]2(CCCN(Cc3cc(OC)ccc3F)C2=O)C1. The van der Waals surface area contributed by atoms with Gasteiger partial charge in [0.05, 0.1) is 12.5 Å². The highest BCUT2D eigenvalue weighted by molar-refractivity contribution is 5.86. The second-order valence-corrected chi connectivity index (χ2v) is 7.21. The Kier molecular flexibility index (Phi) is 5.68. The fourth-order valence-corrected chi connectivity index (χ4v) is 4.00. The van der Waals surface area contributed by atoms with Gasteiger partial charge in [-0.15, -0.1) is 6.58 Å². The Labute approximate surface area is 159 Å². The minimum Gasteiger partial charge on any atom is -0.497 e. The van der Waals surface area contributed by atoms with Gasteiger partial charge in [0, 0.05) is 38.3 Å². The molecule has 3 amide bonds. The predicted molar refractivity (Wildman–Crippen MR) is 99.8 cm³/mol. The summed E-state index contributed by atoms with van der Waals surface area (Å²) in [6, 6.07) is 4.39. The van der Waals surface area contributed by atoms with Crippen LogP contribution in [0.15, 0.2) is 30.9 Å². The molecule has 0 bridgehead atoms. The van der Waals surface area contributed by atoms with Crippen molar-refractivity contribution in [3.63, 3.8) is 0 Å². The lowest BCUT2D eigenvalue weighted by molar-refractivity contribution is -0.146. The second-order valence-electron chi connectivity index (χ2n) is 7.21. The summed E-state index contributed by atoms with van der Waals surface area (Å²) >= 11 is 0. The van der Waals surface area contributed by atoms with E-state index >= 15 is 0 Å². The zero-order chi connectivity index (χ0) is 19.4. The second kappa shape index (κ2) is 7.98. The van der Waals surface area contributed by atoms with Crippen LogP contribution in [0.3, 0.4) is 0 Å². The molecule has 2 aliphatic rings. The number of methoxy groups -OCH3 is 1. The maximum absolute atomic E-state index is 14.2. The van der Waals surface area contributed by atoms with Gasteiger partial charge in [0.15, 0.2) is 0 Å². The van der Waals surface area contributed by atoms with Crippen molar-refractivity contribution in [2.75, 3.05) is 33.3 Å². The summed E-state index contributed by atoms with van der Waals surface area (Å²) in [4.78, 5) is 28.8. The van der Waals surface area contributed by atoms with Crippen LogP contribution in [0, 0.1) is 11.2 Å². The minimum absolute atomic E-state index is 0.00925. The van der Waals surface area contributed by atoms with Crippen LogP contribution in [0.5, 0.6) is 5.75 Å². The van der Waals surface area contributed by atoms with E-state index in [0.29, 0.717) is 43.9 Å². The number of carbonyl (C=O) groups is 2. The lowest BCUT2D eigenvalue weighted by atomic mass is 9.78. The first-order valence-electron chi connectivity index (χ1n) is 9.24. The number of carbonyl (C=O) groups excluding carboxylic acids is 2. The number of urea groups is 1. The number of hydrogen-bond acceptors (Lipinski definition) is 3. The molecule has 0 aliphatic carbocycles. The average Bonchev–Trinajstić information content (AvgIpc) is 3.10. The molecule has 1 spiro atoms. The highest BCUT2D eigenvalue weighted by atomic mass is 19.1. The van der Waals surface area contributed by atoms with Crippen LogP contribution in [-0.2, 0) is 11.3 Å². The Morgan fingerprint density at radius 2 is 2.22 bits per heavy atom. The van der Waals surface area contributed by atoms with Crippen LogP contribution in [-0.4, -0.2) is 55.0 Å². The first-order chi connectivity index (χ1) is 13.0. The normalized spacial score (nSPS) is 22.2. The summed E-state index contributed by atoms with van der Waals surface area (Å²) in [5.41, 5.74) is -0.114. The smallest absolute Gasteiger partial charge is 0.317 e. The van der Waals surface area contributed by atoms with Gasteiger partial charge in [0.25, 0.3) is 0 Å². The standard InChI is InChI=1S/C20H26FN3O3/c1-3-9-22-19(26)24-11-8-20(14-24)7-4-10-23(18(20)25)13-15-12-16(27-2)5-6-17(15)21/h3,5-6,12H,1,4,7-11,13-14H2,2H3,(H,22,26)/t20-/m1/s1. The van der Waals surface area contributed by atoms with E-state index in [-0.39, 0.29) is 24.3 Å². The molecule has 3 rings (SSSR count). The van der Waals surface area contributed by atoms with Crippen molar-refractivity contribution in [2.24, 2.45) is 5.41 Å². The maximum Gasteiger partial charge on any atom is 0.317 e. The van der Waals surface area contributed by atoms with Crippen LogP contribution in [0.4, 0.5) is 9.18 Å². The van der Waals surface area contributed by atoms with Crippen LogP contribution < -0.4 is 10.1 Å². The average molecular weight is 375 g/mol. The predicted octanol–water partition coefficient (Wildman–Crippen LogP) is 2.54. The number of likely N-dealkylation sites (tertiary alicyclic amines) is 2. The Hall–Kier alpha value is -2.57. The maximum atomic E-state index is 14.2. The summed E-state index contributed by atoms with van der Waals surface area (Å²) in [7, 11) is 1.53. The van der Waals surface area contributed by atoms with Crippen molar-refractivity contribution in [2.45, 2.75) is 25.8 Å². The molecule has 1 atom stereocenters. The molecular weight excluding hydrogens is 349 g/mol. The molecular formula is C20H26FN3O3. The van der Waals surface area contributed by atoms with E-state index in [0.717, 1.165) is 12.8 Å². The molecule has 0 radical (unpaired) electrons. The van der Waals surface area contributed by atoms with Crippen molar-refractivity contribution in [3.05, 3.63) is 42.2 Å². The summed E-state index contributed by atoms with van der Waals surface area (Å²) in [5, 5.41) is 2.76. The number of piperidine rings is 1. The molecule has 7 heteroatoms. The lowest BCUT2D eigenvalue weighted by Gasteiger charge is -2.39. The Bertz CT molecular complexity index is 739. The molecule has 2 heterocycles. The van der Waals surface area contributed by atoms with E-state index < -0.39 is 5.41 Å². The molecule has 1 aromatic rings. The van der Waals surface area contributed by atoms with E-state index in [1.807, 2.05) is 0 Å². The minimum atomic E-state index is -0.556. The van der Waals surface area contributed by atoms with Gasteiger partial charge < -0.3 is 19.9 Å². The van der Waals surface area contributed by atoms with Crippen LogP contribution in [0.1, 0.15) is 24.8 Å². The van der Waals surface area contributed by atoms with Crippen LogP contribution >= 0.6 is 0 Å². The largest absolute Gasteiger partial charge is 0.497 e. The number of nitrogens with one attached hydrogen (secondary N) is 1. The van der Waals surface area contributed by atoms with Gasteiger partial charge in [-0.05, 0) is 37.5 Å². The zero-order valence-corrected chi connectivity index (χ0v) is 15.7. The summed E-state index contributed by atoms with van der Waals surface area (Å²) in [6.07, 6.45) is 3.87. The van der Waals surface area contributed by atoms with Gasteiger partial charge in [-0.3, -0.25) is 4.79 Å². The van der Waals surface area contributed by atoms with Gasteiger partial charge >= 0.3 is 6.03 Å². The monoisotopic (exact) mass is 375 g/mol. The summed E-state index contributed by atoms with van der Waals surface area (Å²) < 4.78 is 19.3. The topological polar surface area (TPSA) is 61.9 Å². The van der Waals surface area contributed by atoms with Gasteiger partial charge in [0.1, 0.15) is 11.6 Å². The molecule has 1 N–H and O–H groups in total. The van der Waals surface area contributed by atoms with Crippen molar-refractivity contribution >= 4 is 11.9 Å². The third-order valence-electron chi connectivity index (χ3n) is 5.48. The van der Waals surface area contributed by atoms with Crippen molar-refractivity contribution in [3.8, 4) is 5.75 Å². The Morgan fingerprint density at radius 3 is 2.96 bits per heavy atom. The number of ether oxygens (including phenoxy) is 1. The molecule has 2 aliphatic heterocycles. The Morgan fingerprint density at radius 1 is 1.41 bits per heavy atom. The molecule has 146 valence electrons. The number of benzene rings is 1. The van der Waals surface area contributed by atoms with E-state index in [1.54, 1.807) is 28.0 Å². The molecule has 0 unspecified atom stereocenters. The third kappa shape index (κ3) is 3.91. The van der Waals surface area contributed by atoms with Crippen LogP contribution in [0.25, 0.3) is 0 Å². The molecule has 27 heavy (non-hydrogen) atoms. The fraction of sp³-hybridized carbons (Fsp3) is 0.500. The third-order valence-corrected chi connectivity index (χ3v) is 5.48. The molecule has 2 saturated heterocycles. The molecule has 6 nitrogen and oxygen atoms in total. The number of halogens is 1. The van der Waals surface area contributed by atoms with E-state index in [9.17, 15) is 14.0 Å². The number of hydrogen-bond donors (Lipinski definition) is 1. The van der Waals surface area contributed by atoms with Gasteiger partial charge in [-0.2, -0.15) is 0 Å². The quantitative estimate of drug-likeness (QED) is 0.805. The van der Waals surface area contributed by atoms with Gasteiger partial charge in [-0.25, -0.2) is 9.18 Å². The molecule has 0 saturated carbocycles. The van der Waals surface area contributed by atoms with Crippen molar-refractivity contribution < 1.29 is 18.7 Å². The van der Waals surface area contributed by atoms with E-state index in [1.165, 1.54) is 13.2 Å². The highest BCUT2D eigenvalue weighted by Crippen LogP contribution is 2.40. The van der Waals surface area contributed by atoms with Crippen molar-refractivity contribution in [1.82, 2.24) is 15.1 Å². The van der Waals surface area contributed by atoms with Crippen molar-refractivity contribution in [1.29, 1.82) is 0 Å². The summed E-state index contributed by atoms with van der Waals surface area (Å²) in [5.74, 6) is 0.228. The van der Waals surface area contributed by atoms with E-state index in [2.05, 4.69) is 11.9 Å².